The Labute approximate surface area is 123 Å². The van der Waals surface area contributed by atoms with Crippen LogP contribution in [-0.4, -0.2) is 15.1 Å². The molecule has 0 aliphatic heterocycles. The lowest BCUT2D eigenvalue weighted by Gasteiger charge is -1.91. The van der Waals surface area contributed by atoms with E-state index in [-0.39, 0.29) is 5.88 Å². The minimum absolute atomic E-state index is 0.172. The first kappa shape index (κ1) is 13.9. The van der Waals surface area contributed by atoms with Gasteiger partial charge in [0, 0.05) is 11.4 Å². The van der Waals surface area contributed by atoms with E-state index in [1.54, 1.807) is 24.3 Å². The molecule has 0 aliphatic rings. The van der Waals surface area contributed by atoms with Gasteiger partial charge in [0.05, 0.1) is 10.7 Å². The Kier molecular flexibility index (Phi) is 4.41. The second-order valence-electron chi connectivity index (χ2n) is 3.56. The molecule has 0 amide bonds. The van der Waals surface area contributed by atoms with Crippen LogP contribution in [0.1, 0.15) is 5.01 Å². The van der Waals surface area contributed by atoms with Crippen molar-refractivity contribution in [3.8, 4) is 5.88 Å². The largest absolute Gasteiger partial charge is 0.491 e. The fourth-order valence-electron chi connectivity index (χ4n) is 1.25. The van der Waals surface area contributed by atoms with Gasteiger partial charge < -0.3 is 10.8 Å². The first-order valence-corrected chi connectivity index (χ1v) is 6.79. The molecule has 0 aliphatic carbocycles. The molecule has 1 aromatic heterocycles. The predicted octanol–water partition coefficient (Wildman–Crippen LogP) is 3.75. The molecule has 0 fully saturated rings. The first-order chi connectivity index (χ1) is 9.04. The van der Waals surface area contributed by atoms with Crippen molar-refractivity contribution < 1.29 is 5.11 Å². The zero-order valence-electron chi connectivity index (χ0n) is 9.58. The number of halogens is 1. The van der Waals surface area contributed by atoms with Crippen LogP contribution in [0.5, 0.6) is 5.88 Å². The van der Waals surface area contributed by atoms with Crippen LogP contribution in [-0.2, 0) is 6.42 Å². The average molecular weight is 313 g/mol. The fraction of sp³-hybridized carbons (Fsp3) is 0.0909. The van der Waals surface area contributed by atoms with Crippen LogP contribution in [0.15, 0.2) is 34.5 Å². The van der Waals surface area contributed by atoms with Gasteiger partial charge in [-0.25, -0.2) is 4.98 Å². The Morgan fingerprint density at radius 1 is 1.37 bits per heavy atom. The standard InChI is InChI=1S/C11H9ClN4OS2/c12-6-1-3-7(4-2-6)15-16-11-10(17)14-9(19-11)5-8(13)18/h1-4,17H,5H2,(H2,13,18). The Morgan fingerprint density at radius 3 is 2.68 bits per heavy atom. The van der Waals surface area contributed by atoms with Gasteiger partial charge in [-0.15, -0.1) is 10.2 Å². The van der Waals surface area contributed by atoms with Gasteiger partial charge in [0.15, 0.2) is 0 Å². The second-order valence-corrected chi connectivity index (χ2v) is 5.58. The summed E-state index contributed by atoms with van der Waals surface area (Å²) in [4.78, 5) is 4.22. The molecule has 0 atom stereocenters. The Balaban J connectivity index is 2.16. The van der Waals surface area contributed by atoms with Gasteiger partial charge in [0.25, 0.3) is 5.88 Å². The summed E-state index contributed by atoms with van der Waals surface area (Å²) in [7, 11) is 0. The molecule has 1 aromatic carbocycles. The Morgan fingerprint density at radius 2 is 2.05 bits per heavy atom. The zero-order valence-corrected chi connectivity index (χ0v) is 12.0. The molecule has 3 N–H and O–H groups in total. The molecule has 5 nitrogen and oxygen atoms in total. The van der Waals surface area contributed by atoms with Crippen molar-refractivity contribution in [1.29, 1.82) is 0 Å². The van der Waals surface area contributed by atoms with Crippen LogP contribution >= 0.6 is 35.2 Å². The third-order valence-electron chi connectivity index (χ3n) is 2.04. The molecule has 19 heavy (non-hydrogen) atoms. The number of hydrogen-bond acceptors (Lipinski definition) is 6. The highest BCUT2D eigenvalue weighted by Gasteiger charge is 2.10. The van der Waals surface area contributed by atoms with Crippen LogP contribution in [0.3, 0.4) is 0 Å². The zero-order chi connectivity index (χ0) is 13.8. The van der Waals surface area contributed by atoms with Crippen LogP contribution in [0.25, 0.3) is 0 Å². The minimum Gasteiger partial charge on any atom is -0.491 e. The van der Waals surface area contributed by atoms with Gasteiger partial charge in [-0.3, -0.25) is 0 Å². The van der Waals surface area contributed by atoms with Gasteiger partial charge in [-0.1, -0.05) is 35.2 Å². The van der Waals surface area contributed by atoms with Crippen LogP contribution in [0, 0.1) is 0 Å². The molecule has 0 spiro atoms. The van der Waals surface area contributed by atoms with Gasteiger partial charge in [-0.05, 0) is 24.3 Å². The molecule has 98 valence electrons. The maximum atomic E-state index is 9.61. The molecule has 1 heterocycles. The Hall–Kier alpha value is -1.57. The maximum absolute atomic E-state index is 9.61. The van der Waals surface area contributed by atoms with Crippen LogP contribution < -0.4 is 5.73 Å². The second kappa shape index (κ2) is 6.05. The van der Waals surface area contributed by atoms with E-state index in [2.05, 4.69) is 15.2 Å². The van der Waals surface area contributed by atoms with E-state index in [9.17, 15) is 5.11 Å². The molecule has 0 saturated heterocycles. The SMILES string of the molecule is NC(=S)Cc1nc(O)c(N=Nc2ccc(Cl)cc2)s1. The molecule has 2 aromatic rings. The summed E-state index contributed by atoms with van der Waals surface area (Å²) in [6.45, 7) is 0. The topological polar surface area (TPSA) is 83.9 Å². The van der Waals surface area contributed by atoms with E-state index in [1.807, 2.05) is 0 Å². The molecule has 8 heteroatoms. The smallest absolute Gasteiger partial charge is 0.251 e. The molecular formula is C11H9ClN4OS2. The summed E-state index contributed by atoms with van der Waals surface area (Å²) in [6, 6.07) is 6.86. The van der Waals surface area contributed by atoms with Crippen LogP contribution in [0.2, 0.25) is 5.02 Å². The number of aromatic hydroxyl groups is 1. The van der Waals surface area contributed by atoms with E-state index in [4.69, 9.17) is 29.6 Å². The van der Waals surface area contributed by atoms with E-state index in [1.165, 1.54) is 11.3 Å². The normalized spacial score (nSPS) is 11.0. The lowest BCUT2D eigenvalue weighted by Crippen LogP contribution is -2.10. The van der Waals surface area contributed by atoms with Crippen molar-refractivity contribution in [1.82, 2.24) is 4.98 Å². The molecule has 0 unspecified atom stereocenters. The highest BCUT2D eigenvalue weighted by atomic mass is 35.5. The quantitative estimate of drug-likeness (QED) is 0.665. The average Bonchev–Trinajstić information content (AvgIpc) is 2.68. The maximum Gasteiger partial charge on any atom is 0.251 e. The molecule has 0 radical (unpaired) electrons. The monoisotopic (exact) mass is 312 g/mol. The number of aromatic nitrogens is 1. The highest BCUT2D eigenvalue weighted by molar-refractivity contribution is 7.80. The summed E-state index contributed by atoms with van der Waals surface area (Å²) >= 11 is 11.7. The van der Waals surface area contributed by atoms with Gasteiger partial charge in [-0.2, -0.15) is 0 Å². The number of nitrogens with zero attached hydrogens (tertiary/aromatic N) is 3. The third kappa shape index (κ3) is 3.95. The van der Waals surface area contributed by atoms with Crippen molar-refractivity contribution in [2.75, 3.05) is 0 Å². The van der Waals surface area contributed by atoms with Crippen molar-refractivity contribution in [2.24, 2.45) is 16.0 Å². The molecule has 0 saturated carbocycles. The van der Waals surface area contributed by atoms with Gasteiger partial charge in [0.2, 0.25) is 5.00 Å². The number of nitrogens with two attached hydrogens (primary N) is 1. The van der Waals surface area contributed by atoms with E-state index < -0.39 is 0 Å². The number of azo groups is 1. The summed E-state index contributed by atoms with van der Waals surface area (Å²) in [5.74, 6) is -0.172. The van der Waals surface area contributed by atoms with Crippen molar-refractivity contribution >= 4 is 50.8 Å². The molecule has 0 bridgehead atoms. The third-order valence-corrected chi connectivity index (χ3v) is 3.37. The van der Waals surface area contributed by atoms with Gasteiger partial charge >= 0.3 is 0 Å². The summed E-state index contributed by atoms with van der Waals surface area (Å²) < 4.78 is 0. The van der Waals surface area contributed by atoms with Crippen molar-refractivity contribution in [2.45, 2.75) is 6.42 Å². The number of rotatable bonds is 4. The predicted molar refractivity (Wildman–Crippen MR) is 79.9 cm³/mol. The van der Waals surface area contributed by atoms with E-state index in [0.29, 0.717) is 32.1 Å². The first-order valence-electron chi connectivity index (χ1n) is 5.19. The van der Waals surface area contributed by atoms with Gasteiger partial charge in [0.1, 0.15) is 5.01 Å². The highest BCUT2D eigenvalue weighted by Crippen LogP contribution is 2.34. The summed E-state index contributed by atoms with van der Waals surface area (Å²) in [6.07, 6.45) is 0.337. The van der Waals surface area contributed by atoms with Crippen LogP contribution in [0.4, 0.5) is 10.7 Å². The van der Waals surface area contributed by atoms with Crippen molar-refractivity contribution in [3.63, 3.8) is 0 Å². The number of thiazole rings is 1. The van der Waals surface area contributed by atoms with E-state index >= 15 is 0 Å². The van der Waals surface area contributed by atoms with Crippen molar-refractivity contribution in [3.05, 3.63) is 34.3 Å². The molecular weight excluding hydrogens is 304 g/mol. The minimum atomic E-state index is -0.172. The van der Waals surface area contributed by atoms with E-state index in [0.717, 1.165) is 0 Å². The number of hydrogen-bond donors (Lipinski definition) is 2. The lowest BCUT2D eigenvalue weighted by molar-refractivity contribution is 0.457. The fourth-order valence-corrected chi connectivity index (χ4v) is 2.40. The Bertz CT molecular complexity index is 624. The molecule has 2 rings (SSSR count). The number of thiocarbonyl (C=S) groups is 1. The lowest BCUT2D eigenvalue weighted by atomic mass is 10.3. The summed E-state index contributed by atoms with van der Waals surface area (Å²) in [5, 5.41) is 19.1. The number of benzene rings is 1. The summed E-state index contributed by atoms with van der Waals surface area (Å²) in [5.41, 5.74) is 6.05.